The summed E-state index contributed by atoms with van der Waals surface area (Å²) in [5.41, 5.74) is 2.33. The highest BCUT2D eigenvalue weighted by atomic mass is 32.1. The van der Waals surface area contributed by atoms with E-state index < -0.39 is 0 Å². The van der Waals surface area contributed by atoms with Crippen molar-refractivity contribution in [3.63, 3.8) is 0 Å². The van der Waals surface area contributed by atoms with Gasteiger partial charge < -0.3 is 9.64 Å². The third-order valence-electron chi connectivity index (χ3n) is 5.85. The topological polar surface area (TPSA) is 51.1 Å². The molecule has 140 valence electrons. The molecule has 3 aromatic heterocycles. The van der Waals surface area contributed by atoms with Crippen molar-refractivity contribution < 1.29 is 4.74 Å². The van der Waals surface area contributed by atoms with Crippen molar-refractivity contribution in [1.29, 1.82) is 0 Å². The zero-order chi connectivity index (χ0) is 18.4. The number of pyridine rings is 1. The van der Waals surface area contributed by atoms with Gasteiger partial charge in [-0.1, -0.05) is 6.92 Å². The number of aryl methyl sites for hydroxylation is 2. The van der Waals surface area contributed by atoms with Gasteiger partial charge >= 0.3 is 0 Å². The number of morpholine rings is 1. The molecule has 0 radical (unpaired) electrons. The number of ether oxygens (including phenoxy) is 1. The van der Waals surface area contributed by atoms with Crippen LogP contribution in [-0.4, -0.2) is 40.2 Å². The van der Waals surface area contributed by atoms with E-state index in [4.69, 9.17) is 14.7 Å². The second-order valence-electron chi connectivity index (χ2n) is 7.72. The maximum atomic E-state index is 6.07. The molecule has 6 heteroatoms. The van der Waals surface area contributed by atoms with Crippen LogP contribution in [-0.2, 0) is 17.6 Å². The SMILES string of the molecule is CCC1(C)CN(c2nc(-c3cccnc3)nc3sc4c(c23)CCC4)CCO1. The first-order valence-corrected chi connectivity index (χ1v) is 10.6. The van der Waals surface area contributed by atoms with Gasteiger partial charge in [-0.3, -0.25) is 4.98 Å². The lowest BCUT2D eigenvalue weighted by Crippen LogP contribution is -2.50. The molecule has 27 heavy (non-hydrogen) atoms. The minimum Gasteiger partial charge on any atom is -0.372 e. The van der Waals surface area contributed by atoms with Crippen LogP contribution in [0.2, 0.25) is 0 Å². The molecule has 0 amide bonds. The zero-order valence-corrected chi connectivity index (χ0v) is 16.7. The first kappa shape index (κ1) is 17.1. The molecule has 0 aromatic carbocycles. The summed E-state index contributed by atoms with van der Waals surface area (Å²) < 4.78 is 6.07. The average molecular weight is 381 g/mol. The molecule has 1 aliphatic heterocycles. The van der Waals surface area contributed by atoms with Gasteiger partial charge in [-0.05, 0) is 50.3 Å². The van der Waals surface area contributed by atoms with E-state index in [1.807, 2.05) is 29.7 Å². The highest BCUT2D eigenvalue weighted by Gasteiger charge is 2.33. The summed E-state index contributed by atoms with van der Waals surface area (Å²) >= 11 is 1.85. The largest absolute Gasteiger partial charge is 0.372 e. The number of anilines is 1. The number of hydrogen-bond donors (Lipinski definition) is 0. The minimum atomic E-state index is -0.122. The monoisotopic (exact) mass is 380 g/mol. The van der Waals surface area contributed by atoms with Gasteiger partial charge in [0.05, 0.1) is 17.6 Å². The van der Waals surface area contributed by atoms with Crippen LogP contribution in [0.25, 0.3) is 21.6 Å². The van der Waals surface area contributed by atoms with Crippen LogP contribution in [0.3, 0.4) is 0 Å². The number of aromatic nitrogens is 3. The standard InChI is InChI=1S/C21H24N4OS/c1-3-21(2)13-25(10-11-26-21)19-17-15-7-4-8-16(15)27-20(17)24-18(23-19)14-6-5-9-22-12-14/h5-6,9,12H,3-4,7-8,10-11,13H2,1-2H3. The lowest BCUT2D eigenvalue weighted by molar-refractivity contribution is -0.0442. The van der Waals surface area contributed by atoms with E-state index in [-0.39, 0.29) is 5.60 Å². The Morgan fingerprint density at radius 3 is 3.04 bits per heavy atom. The van der Waals surface area contributed by atoms with Crippen molar-refractivity contribution in [2.45, 2.75) is 45.1 Å². The Kier molecular flexibility index (Phi) is 4.13. The summed E-state index contributed by atoms with van der Waals surface area (Å²) in [5, 5.41) is 1.28. The highest BCUT2D eigenvalue weighted by Crippen LogP contribution is 2.42. The molecular weight excluding hydrogens is 356 g/mol. The van der Waals surface area contributed by atoms with E-state index in [1.165, 1.54) is 28.7 Å². The molecule has 2 aliphatic rings. The molecule has 1 saturated heterocycles. The molecule has 0 bridgehead atoms. The number of fused-ring (bicyclic) bond motifs is 3. The van der Waals surface area contributed by atoms with E-state index in [0.29, 0.717) is 0 Å². The smallest absolute Gasteiger partial charge is 0.164 e. The second-order valence-corrected chi connectivity index (χ2v) is 8.81. The van der Waals surface area contributed by atoms with Gasteiger partial charge in [0, 0.05) is 35.9 Å². The van der Waals surface area contributed by atoms with Crippen LogP contribution in [0.4, 0.5) is 5.82 Å². The third kappa shape index (κ3) is 2.91. The second kappa shape index (κ2) is 6.53. The van der Waals surface area contributed by atoms with Crippen molar-refractivity contribution in [3.8, 4) is 11.4 Å². The fourth-order valence-corrected chi connectivity index (χ4v) is 5.41. The normalized spacial score (nSPS) is 22.4. The van der Waals surface area contributed by atoms with E-state index in [2.05, 4.69) is 23.7 Å². The molecule has 4 heterocycles. The van der Waals surface area contributed by atoms with E-state index >= 15 is 0 Å². The maximum absolute atomic E-state index is 6.07. The average Bonchev–Trinajstić information content (AvgIpc) is 3.29. The predicted molar refractivity (Wildman–Crippen MR) is 110 cm³/mol. The molecule has 1 unspecified atom stereocenters. The molecule has 1 atom stereocenters. The molecule has 0 N–H and O–H groups in total. The van der Waals surface area contributed by atoms with Gasteiger partial charge in [0.1, 0.15) is 10.6 Å². The summed E-state index contributed by atoms with van der Waals surface area (Å²) in [4.78, 5) is 19.3. The quantitative estimate of drug-likeness (QED) is 0.680. The maximum Gasteiger partial charge on any atom is 0.164 e. The number of rotatable bonds is 3. The highest BCUT2D eigenvalue weighted by molar-refractivity contribution is 7.19. The molecule has 1 fully saturated rings. The third-order valence-corrected chi connectivity index (χ3v) is 7.04. The van der Waals surface area contributed by atoms with Crippen molar-refractivity contribution in [1.82, 2.24) is 15.0 Å². The molecule has 3 aromatic rings. The fourth-order valence-electron chi connectivity index (χ4n) is 4.15. The lowest BCUT2D eigenvalue weighted by Gasteiger charge is -2.41. The van der Waals surface area contributed by atoms with Crippen LogP contribution in [0.1, 0.15) is 37.1 Å². The number of thiophene rings is 1. The first-order chi connectivity index (χ1) is 13.2. The summed E-state index contributed by atoms with van der Waals surface area (Å²) in [6.45, 7) is 6.88. The molecule has 5 rings (SSSR count). The Bertz CT molecular complexity index is 987. The van der Waals surface area contributed by atoms with Gasteiger partial charge in [-0.25, -0.2) is 9.97 Å². The Balaban J connectivity index is 1.69. The van der Waals surface area contributed by atoms with Crippen LogP contribution in [0.5, 0.6) is 0 Å². The van der Waals surface area contributed by atoms with Gasteiger partial charge in [-0.15, -0.1) is 11.3 Å². The van der Waals surface area contributed by atoms with E-state index in [9.17, 15) is 0 Å². The zero-order valence-electron chi connectivity index (χ0n) is 15.9. The Morgan fingerprint density at radius 1 is 1.30 bits per heavy atom. The Morgan fingerprint density at radius 2 is 2.22 bits per heavy atom. The van der Waals surface area contributed by atoms with Crippen LogP contribution >= 0.6 is 11.3 Å². The van der Waals surface area contributed by atoms with Gasteiger partial charge in [0.15, 0.2) is 5.82 Å². The molecule has 0 saturated carbocycles. The van der Waals surface area contributed by atoms with Gasteiger partial charge in [0.25, 0.3) is 0 Å². The summed E-state index contributed by atoms with van der Waals surface area (Å²) in [5.74, 6) is 1.86. The van der Waals surface area contributed by atoms with Crippen molar-refractivity contribution >= 4 is 27.4 Å². The summed E-state index contributed by atoms with van der Waals surface area (Å²) in [6.07, 6.45) is 8.20. The molecule has 1 aliphatic carbocycles. The fraction of sp³-hybridized carbons (Fsp3) is 0.476. The molecular formula is C21H24N4OS. The van der Waals surface area contributed by atoms with Gasteiger partial charge in [-0.2, -0.15) is 0 Å². The number of nitrogens with zero attached hydrogens (tertiary/aromatic N) is 4. The van der Waals surface area contributed by atoms with Crippen molar-refractivity contribution in [2.75, 3.05) is 24.6 Å². The van der Waals surface area contributed by atoms with E-state index in [0.717, 1.165) is 54.6 Å². The predicted octanol–water partition coefficient (Wildman–Crippen LogP) is 4.25. The summed E-state index contributed by atoms with van der Waals surface area (Å²) in [6, 6.07) is 3.98. The Hall–Kier alpha value is -2.05. The number of hydrogen-bond acceptors (Lipinski definition) is 6. The van der Waals surface area contributed by atoms with E-state index in [1.54, 1.807) is 6.20 Å². The minimum absolute atomic E-state index is 0.122. The summed E-state index contributed by atoms with van der Waals surface area (Å²) in [7, 11) is 0. The van der Waals surface area contributed by atoms with Crippen molar-refractivity contribution in [2.24, 2.45) is 0 Å². The molecule has 0 spiro atoms. The van der Waals surface area contributed by atoms with Crippen LogP contribution < -0.4 is 4.90 Å². The van der Waals surface area contributed by atoms with Crippen LogP contribution in [0.15, 0.2) is 24.5 Å². The lowest BCUT2D eigenvalue weighted by atomic mass is 10.0. The van der Waals surface area contributed by atoms with Crippen LogP contribution in [0, 0.1) is 0 Å². The molecule has 5 nitrogen and oxygen atoms in total. The Labute approximate surface area is 163 Å². The van der Waals surface area contributed by atoms with Crippen molar-refractivity contribution in [3.05, 3.63) is 35.0 Å². The van der Waals surface area contributed by atoms with Gasteiger partial charge in [0.2, 0.25) is 0 Å². The first-order valence-electron chi connectivity index (χ1n) is 9.78.